The van der Waals surface area contributed by atoms with E-state index in [1.807, 2.05) is 42.0 Å². The lowest BCUT2D eigenvalue weighted by Gasteiger charge is -2.19. The normalized spacial score (nSPS) is 11.9. The maximum Gasteiger partial charge on any atom is 0.328 e. The number of aryl methyl sites for hydroxylation is 1. The third-order valence-electron chi connectivity index (χ3n) is 6.48. The molecule has 5 N–H and O–H groups in total. The Labute approximate surface area is 245 Å². The van der Waals surface area contributed by atoms with Crippen LogP contribution >= 0.6 is 0 Å². The summed E-state index contributed by atoms with van der Waals surface area (Å²) in [7, 11) is -4.06. The summed E-state index contributed by atoms with van der Waals surface area (Å²) in [5, 5.41) is 14.4. The maximum absolute atomic E-state index is 13.5. The molecule has 0 saturated carbocycles. The fourth-order valence-corrected chi connectivity index (χ4v) is 5.25. The molecule has 0 spiro atoms. The average molecular weight is 599 g/mol. The zero-order valence-corrected chi connectivity index (χ0v) is 24.6. The summed E-state index contributed by atoms with van der Waals surface area (Å²) in [5.41, 5.74) is 3.54. The van der Waals surface area contributed by atoms with Gasteiger partial charge in [0.25, 0.3) is 15.9 Å². The Hall–Kier alpha value is -4.23. The summed E-state index contributed by atoms with van der Waals surface area (Å²) in [4.78, 5) is 41.7. The van der Waals surface area contributed by atoms with Crippen molar-refractivity contribution in [3.8, 4) is 0 Å². The minimum atomic E-state index is -4.06. The molecule has 1 aromatic heterocycles. The smallest absolute Gasteiger partial charge is 0.328 e. The van der Waals surface area contributed by atoms with E-state index in [2.05, 4.69) is 22.5 Å². The number of hydrogen-bond acceptors (Lipinski definition) is 7. The van der Waals surface area contributed by atoms with E-state index in [1.165, 1.54) is 18.3 Å². The number of imidazole rings is 1. The second-order valence-electron chi connectivity index (χ2n) is 9.85. The quantitative estimate of drug-likeness (QED) is 0.132. The van der Waals surface area contributed by atoms with Crippen molar-refractivity contribution < 1.29 is 28.0 Å². The zero-order chi connectivity index (χ0) is 30.5. The van der Waals surface area contributed by atoms with E-state index in [-0.39, 0.29) is 23.6 Å². The number of carbonyl (C=O) groups excluding carboxylic acids is 3. The third kappa shape index (κ3) is 9.42. The van der Waals surface area contributed by atoms with Gasteiger partial charge in [-0.25, -0.2) is 28.4 Å². The van der Waals surface area contributed by atoms with Crippen LogP contribution < -0.4 is 20.8 Å². The van der Waals surface area contributed by atoms with E-state index in [9.17, 15) is 22.8 Å². The molecule has 12 nitrogen and oxygen atoms in total. The van der Waals surface area contributed by atoms with E-state index >= 15 is 0 Å². The first-order valence-corrected chi connectivity index (χ1v) is 15.4. The topological polar surface area (TPSA) is 172 Å². The Balaban J connectivity index is 1.82. The summed E-state index contributed by atoms with van der Waals surface area (Å²) < 4.78 is 29.0. The monoisotopic (exact) mass is 598 g/mol. The van der Waals surface area contributed by atoms with Crippen LogP contribution in [0.1, 0.15) is 67.0 Å². The van der Waals surface area contributed by atoms with Gasteiger partial charge in [-0.3, -0.25) is 14.8 Å². The number of hydrogen-bond donors (Lipinski definition) is 5. The van der Waals surface area contributed by atoms with E-state index in [1.54, 1.807) is 22.2 Å². The molecule has 1 heterocycles. The molecule has 0 fully saturated rings. The molecule has 226 valence electrons. The Kier molecular flexibility index (Phi) is 12.1. The highest BCUT2D eigenvalue weighted by atomic mass is 32.2. The van der Waals surface area contributed by atoms with Crippen molar-refractivity contribution in [1.82, 2.24) is 30.4 Å². The highest BCUT2D eigenvalue weighted by Crippen LogP contribution is 2.17. The molecule has 42 heavy (non-hydrogen) atoms. The van der Waals surface area contributed by atoms with Crippen molar-refractivity contribution in [3.63, 3.8) is 0 Å². The number of sulfonamides is 1. The molecular formula is C29H38N6O6S. The second-order valence-corrected chi connectivity index (χ2v) is 11.5. The summed E-state index contributed by atoms with van der Waals surface area (Å²) >= 11 is 0. The fraction of sp³-hybridized carbons (Fsp3) is 0.379. The first-order chi connectivity index (χ1) is 20.2. The van der Waals surface area contributed by atoms with Crippen LogP contribution in [0.4, 0.5) is 4.79 Å². The minimum absolute atomic E-state index is 0.0707. The van der Waals surface area contributed by atoms with E-state index in [4.69, 9.17) is 5.21 Å². The second kappa shape index (κ2) is 15.7. The highest BCUT2D eigenvalue weighted by molar-refractivity contribution is 7.90. The van der Waals surface area contributed by atoms with Crippen molar-refractivity contribution in [2.75, 3.05) is 6.54 Å². The summed E-state index contributed by atoms with van der Waals surface area (Å²) in [6.45, 7) is 4.50. The van der Waals surface area contributed by atoms with Crippen LogP contribution in [0.5, 0.6) is 0 Å². The van der Waals surface area contributed by atoms with Gasteiger partial charge in [-0.2, -0.15) is 0 Å². The first kappa shape index (κ1) is 32.3. The van der Waals surface area contributed by atoms with Crippen LogP contribution in [0, 0.1) is 0 Å². The Morgan fingerprint density at radius 3 is 2.33 bits per heavy atom. The molecule has 0 saturated heterocycles. The van der Waals surface area contributed by atoms with Gasteiger partial charge in [-0.05, 0) is 42.5 Å². The maximum atomic E-state index is 13.5. The van der Waals surface area contributed by atoms with Crippen LogP contribution in [0.2, 0.25) is 0 Å². The van der Waals surface area contributed by atoms with Crippen molar-refractivity contribution in [2.24, 2.45) is 0 Å². The fourth-order valence-electron chi connectivity index (χ4n) is 4.32. The predicted molar refractivity (Wildman–Crippen MR) is 156 cm³/mol. The van der Waals surface area contributed by atoms with Crippen LogP contribution in [-0.4, -0.2) is 53.6 Å². The number of carbonyl (C=O) groups is 3. The van der Waals surface area contributed by atoms with Gasteiger partial charge in [0.05, 0.1) is 11.1 Å². The van der Waals surface area contributed by atoms with Crippen molar-refractivity contribution in [1.29, 1.82) is 0 Å². The molecule has 0 aliphatic rings. The number of urea groups is 1. The lowest BCUT2D eigenvalue weighted by molar-refractivity contribution is -0.129. The van der Waals surface area contributed by atoms with Crippen molar-refractivity contribution in [2.45, 2.75) is 69.9 Å². The van der Waals surface area contributed by atoms with Gasteiger partial charge in [0.15, 0.2) is 0 Å². The number of unbranched alkanes of at least 4 members (excludes halogenated alkanes) is 1. The van der Waals surface area contributed by atoms with Crippen LogP contribution in [0.25, 0.3) is 0 Å². The highest BCUT2D eigenvalue weighted by Gasteiger charge is 2.23. The molecule has 13 heteroatoms. The van der Waals surface area contributed by atoms with Crippen molar-refractivity contribution >= 4 is 27.9 Å². The number of amides is 4. The van der Waals surface area contributed by atoms with Gasteiger partial charge in [0.2, 0.25) is 5.91 Å². The minimum Gasteiger partial charge on any atom is -0.347 e. The first-order valence-electron chi connectivity index (χ1n) is 13.9. The summed E-state index contributed by atoms with van der Waals surface area (Å²) in [6.07, 6.45) is 4.81. The van der Waals surface area contributed by atoms with Gasteiger partial charge >= 0.3 is 6.03 Å². The van der Waals surface area contributed by atoms with Crippen LogP contribution in [-0.2, 0) is 34.2 Å². The molecule has 0 bridgehead atoms. The van der Waals surface area contributed by atoms with Gasteiger partial charge < -0.3 is 15.2 Å². The van der Waals surface area contributed by atoms with E-state index in [0.29, 0.717) is 31.6 Å². The molecular weight excluding hydrogens is 560 g/mol. The lowest BCUT2D eigenvalue weighted by atomic mass is 10.0. The summed E-state index contributed by atoms with van der Waals surface area (Å²) in [6, 6.07) is 14.0. The van der Waals surface area contributed by atoms with Gasteiger partial charge in [-0.1, -0.05) is 62.7 Å². The summed E-state index contributed by atoms with van der Waals surface area (Å²) in [5.74, 6) is -0.361. The van der Waals surface area contributed by atoms with Gasteiger partial charge in [0, 0.05) is 32.0 Å². The van der Waals surface area contributed by atoms with Crippen molar-refractivity contribution in [3.05, 3.63) is 83.4 Å². The van der Waals surface area contributed by atoms with E-state index in [0.717, 1.165) is 24.0 Å². The van der Waals surface area contributed by atoms with Gasteiger partial charge in [-0.15, -0.1) is 0 Å². The lowest BCUT2D eigenvalue weighted by Crippen LogP contribution is -2.41. The van der Waals surface area contributed by atoms with Crippen LogP contribution in [0.15, 0.2) is 65.7 Å². The molecule has 0 aliphatic heterocycles. The zero-order valence-electron chi connectivity index (χ0n) is 23.8. The number of nitrogens with zero attached hydrogens (tertiary/aromatic N) is 2. The average Bonchev–Trinajstić information content (AvgIpc) is 3.37. The molecule has 3 aromatic rings. The molecule has 0 radical (unpaired) electrons. The molecule has 3 rings (SSSR count). The van der Waals surface area contributed by atoms with E-state index < -0.39 is 33.9 Å². The Morgan fingerprint density at radius 1 is 0.976 bits per heavy atom. The Bertz CT molecular complexity index is 1440. The predicted octanol–water partition coefficient (Wildman–Crippen LogP) is 2.91. The number of hydroxylamine groups is 1. The largest absolute Gasteiger partial charge is 0.347 e. The van der Waals surface area contributed by atoms with Gasteiger partial charge in [0.1, 0.15) is 11.5 Å². The molecule has 2 aromatic carbocycles. The van der Waals surface area contributed by atoms with Crippen LogP contribution in [0.3, 0.4) is 0 Å². The number of benzene rings is 2. The standard InChI is InChI=1S/C29H38N6O6S/c1-3-5-11-26-31-19-25(28(37)32-23(18-27(36)33-39)17-21-9-7-6-8-10-21)35(26)20-22-12-14-24(15-13-22)42(40,41)34-29(38)30-16-4-2/h6-10,12-15,19,23,39H,3-5,11,16-18,20H2,1-2H3,(H,32,37)(H,33,36)(H2,30,34,38). The molecule has 4 amide bonds. The molecule has 0 aliphatic carbocycles. The molecule has 1 atom stereocenters. The third-order valence-corrected chi connectivity index (χ3v) is 7.83. The Morgan fingerprint density at radius 2 is 1.69 bits per heavy atom. The SMILES string of the molecule is CCCCc1ncc(C(=O)NC(CC(=O)NO)Cc2ccccc2)n1Cc1ccc(S(=O)(=O)NC(=O)NCCC)cc1. The number of rotatable bonds is 15. The molecule has 1 unspecified atom stereocenters. The number of nitrogens with one attached hydrogen (secondary N) is 4. The number of aromatic nitrogens is 2.